The molecule has 24 heavy (non-hydrogen) atoms. The number of ketones is 1. The summed E-state index contributed by atoms with van der Waals surface area (Å²) in [6, 6.07) is 8.41. The average molecular weight is 322 g/mol. The maximum Gasteiger partial charge on any atom is 0.233 e. The quantitative estimate of drug-likeness (QED) is 0.840. The molecule has 1 aliphatic carbocycles. The first-order valence-corrected chi connectivity index (χ1v) is 8.42. The van der Waals surface area contributed by atoms with E-state index in [-0.39, 0.29) is 17.1 Å². The van der Waals surface area contributed by atoms with E-state index in [2.05, 4.69) is 55.5 Å². The molecule has 0 saturated carbocycles. The minimum atomic E-state index is -0.0910. The van der Waals surface area contributed by atoms with Crippen molar-refractivity contribution in [3.8, 4) is 0 Å². The zero-order valence-electron chi connectivity index (χ0n) is 14.6. The van der Waals surface area contributed by atoms with Crippen LogP contribution in [0.2, 0.25) is 0 Å². The molecule has 4 heteroatoms. The highest BCUT2D eigenvalue weighted by Crippen LogP contribution is 2.49. The number of nitrogens with zero attached hydrogens (tertiary/aromatic N) is 1. The number of fused-ring (bicyclic) bond motifs is 1. The topological polar surface area (TPSA) is 55.1 Å². The lowest BCUT2D eigenvalue weighted by molar-refractivity contribution is -0.118. The van der Waals surface area contributed by atoms with Crippen molar-refractivity contribution in [1.82, 2.24) is 5.16 Å². The molecule has 2 aliphatic rings. The number of hydrogen-bond donors (Lipinski definition) is 1. The van der Waals surface area contributed by atoms with Gasteiger partial charge in [0.05, 0.1) is 11.3 Å². The van der Waals surface area contributed by atoms with Gasteiger partial charge in [-0.15, -0.1) is 0 Å². The lowest BCUT2D eigenvalue weighted by Crippen LogP contribution is -2.33. The molecule has 1 aliphatic heterocycles. The van der Waals surface area contributed by atoms with Gasteiger partial charge in [0, 0.05) is 23.6 Å². The normalized spacial score (nSPS) is 22.0. The van der Waals surface area contributed by atoms with Gasteiger partial charge in [0.15, 0.2) is 5.78 Å². The Hall–Kier alpha value is -2.36. The first kappa shape index (κ1) is 15.2. The fraction of sp³-hybridized carbons (Fsp3) is 0.400. The van der Waals surface area contributed by atoms with Crippen LogP contribution in [-0.4, -0.2) is 10.9 Å². The molecule has 1 aromatic carbocycles. The minimum Gasteiger partial charge on any atom is -0.338 e. The van der Waals surface area contributed by atoms with Crippen molar-refractivity contribution >= 4 is 11.7 Å². The van der Waals surface area contributed by atoms with E-state index < -0.39 is 0 Å². The number of hydrogen-bond acceptors (Lipinski definition) is 4. The molecule has 0 bridgehead atoms. The van der Waals surface area contributed by atoms with Crippen molar-refractivity contribution < 1.29 is 9.32 Å². The molecule has 4 nitrogen and oxygen atoms in total. The second kappa shape index (κ2) is 5.07. The molecule has 2 aromatic rings. The van der Waals surface area contributed by atoms with Gasteiger partial charge in [0.2, 0.25) is 5.88 Å². The van der Waals surface area contributed by atoms with E-state index in [1.165, 1.54) is 5.56 Å². The van der Waals surface area contributed by atoms with Crippen molar-refractivity contribution in [3.63, 3.8) is 0 Å². The molecule has 0 fully saturated rings. The Bertz CT molecular complexity index is 856. The number of Topliss-reactive ketones (excluding diaryl/α,β-unsaturated/α-hetero) is 1. The third-order valence-electron chi connectivity index (χ3n) is 5.08. The molecule has 124 valence electrons. The second-order valence-electron chi connectivity index (χ2n) is 7.81. The summed E-state index contributed by atoms with van der Waals surface area (Å²) in [4.78, 5) is 13.0. The fourth-order valence-electron chi connectivity index (χ4n) is 3.96. The zero-order valence-corrected chi connectivity index (χ0v) is 14.6. The summed E-state index contributed by atoms with van der Waals surface area (Å²) in [5.41, 5.74) is 6.00. The molecule has 2 heterocycles. The summed E-state index contributed by atoms with van der Waals surface area (Å²) in [5.74, 6) is 0.819. The van der Waals surface area contributed by atoms with Crippen molar-refractivity contribution in [1.29, 1.82) is 0 Å². The number of anilines is 1. The molecular weight excluding hydrogens is 300 g/mol. The van der Waals surface area contributed by atoms with Crippen LogP contribution in [0, 0.1) is 19.3 Å². The Balaban J connectivity index is 1.93. The maximum atomic E-state index is 13.0. The van der Waals surface area contributed by atoms with E-state index in [4.69, 9.17) is 4.52 Å². The van der Waals surface area contributed by atoms with Gasteiger partial charge < -0.3 is 9.84 Å². The van der Waals surface area contributed by atoms with Crippen molar-refractivity contribution in [2.45, 2.75) is 46.5 Å². The van der Waals surface area contributed by atoms with Crippen LogP contribution in [0.4, 0.5) is 5.88 Å². The highest BCUT2D eigenvalue weighted by molar-refractivity contribution is 6.01. The van der Waals surface area contributed by atoms with Crippen molar-refractivity contribution in [2.75, 3.05) is 5.32 Å². The van der Waals surface area contributed by atoms with Gasteiger partial charge in [0.25, 0.3) is 0 Å². The number of carbonyl (C=O) groups excluding carboxylic acids is 1. The summed E-state index contributed by atoms with van der Waals surface area (Å²) in [7, 11) is 0. The predicted octanol–water partition coefficient (Wildman–Crippen LogP) is 4.49. The lowest BCUT2D eigenvalue weighted by atomic mass is 9.69. The Morgan fingerprint density at radius 3 is 2.58 bits per heavy atom. The minimum absolute atomic E-state index is 0.0344. The predicted molar refractivity (Wildman–Crippen MR) is 92.9 cm³/mol. The second-order valence-corrected chi connectivity index (χ2v) is 7.81. The Morgan fingerprint density at radius 1 is 1.17 bits per heavy atom. The van der Waals surface area contributed by atoms with Crippen molar-refractivity contribution in [3.05, 3.63) is 57.9 Å². The van der Waals surface area contributed by atoms with Crippen LogP contribution in [0.5, 0.6) is 0 Å². The number of rotatable bonds is 1. The highest BCUT2D eigenvalue weighted by Gasteiger charge is 2.42. The fourth-order valence-corrected chi connectivity index (χ4v) is 3.96. The number of aromatic nitrogens is 1. The Morgan fingerprint density at radius 2 is 1.88 bits per heavy atom. The van der Waals surface area contributed by atoms with Gasteiger partial charge in [-0.05, 0) is 31.2 Å². The van der Waals surface area contributed by atoms with Crippen LogP contribution in [0.3, 0.4) is 0 Å². The Labute approximate surface area is 141 Å². The molecule has 0 radical (unpaired) electrons. The van der Waals surface area contributed by atoms with Crippen LogP contribution >= 0.6 is 0 Å². The third kappa shape index (κ3) is 2.29. The molecule has 1 N–H and O–H groups in total. The summed E-state index contributed by atoms with van der Waals surface area (Å²) in [6.45, 7) is 8.28. The summed E-state index contributed by atoms with van der Waals surface area (Å²) >= 11 is 0. The van der Waals surface area contributed by atoms with Gasteiger partial charge in [-0.1, -0.05) is 48.8 Å². The first-order valence-electron chi connectivity index (χ1n) is 8.42. The largest absolute Gasteiger partial charge is 0.338 e. The molecule has 0 amide bonds. The number of nitrogens with one attached hydrogen (secondary N) is 1. The van der Waals surface area contributed by atoms with E-state index in [0.29, 0.717) is 12.3 Å². The summed E-state index contributed by atoms with van der Waals surface area (Å²) < 4.78 is 5.51. The number of benzene rings is 1. The van der Waals surface area contributed by atoms with E-state index in [1.807, 2.05) is 6.92 Å². The molecular formula is C20H22N2O2. The van der Waals surface area contributed by atoms with E-state index in [0.717, 1.165) is 34.5 Å². The standard InChI is InChI=1S/C20H22N2O2/c1-11-5-7-13(8-6-11)17-16-12(2)22-24-19(16)21-14-9-20(3,4)10-15(23)18(14)17/h5-8,17,21H,9-10H2,1-4H3/t17-/m1/s1. The van der Waals surface area contributed by atoms with Crippen LogP contribution in [0.25, 0.3) is 0 Å². The van der Waals surface area contributed by atoms with Gasteiger partial charge in [0.1, 0.15) is 0 Å². The lowest BCUT2D eigenvalue weighted by Gasteiger charge is -2.37. The van der Waals surface area contributed by atoms with Crippen LogP contribution < -0.4 is 5.32 Å². The van der Waals surface area contributed by atoms with Crippen LogP contribution in [-0.2, 0) is 4.79 Å². The maximum absolute atomic E-state index is 13.0. The molecule has 1 atom stereocenters. The van der Waals surface area contributed by atoms with Crippen molar-refractivity contribution in [2.24, 2.45) is 5.41 Å². The smallest absolute Gasteiger partial charge is 0.233 e. The monoisotopic (exact) mass is 322 g/mol. The van der Waals surface area contributed by atoms with E-state index in [9.17, 15) is 4.79 Å². The van der Waals surface area contributed by atoms with Crippen LogP contribution in [0.1, 0.15) is 55.0 Å². The molecule has 0 saturated heterocycles. The molecule has 0 unspecified atom stereocenters. The van der Waals surface area contributed by atoms with E-state index in [1.54, 1.807) is 0 Å². The average Bonchev–Trinajstić information content (AvgIpc) is 2.86. The van der Waals surface area contributed by atoms with Gasteiger partial charge >= 0.3 is 0 Å². The number of carbonyl (C=O) groups is 1. The van der Waals surface area contributed by atoms with Gasteiger partial charge in [-0.2, -0.15) is 0 Å². The molecule has 0 spiro atoms. The summed E-state index contributed by atoms with van der Waals surface area (Å²) in [5, 5.41) is 7.48. The third-order valence-corrected chi connectivity index (χ3v) is 5.08. The molecule has 4 rings (SSSR count). The molecule has 1 aromatic heterocycles. The van der Waals surface area contributed by atoms with Gasteiger partial charge in [-0.25, -0.2) is 0 Å². The number of aryl methyl sites for hydroxylation is 2. The highest BCUT2D eigenvalue weighted by atomic mass is 16.5. The SMILES string of the molecule is Cc1ccc([C@H]2C3=C(CC(C)(C)CC3=O)Nc3onc(C)c32)cc1. The van der Waals surface area contributed by atoms with Gasteiger partial charge in [-0.3, -0.25) is 4.79 Å². The number of allylic oxidation sites excluding steroid dienone is 2. The summed E-state index contributed by atoms with van der Waals surface area (Å²) in [6.07, 6.45) is 1.42. The van der Waals surface area contributed by atoms with E-state index >= 15 is 0 Å². The Kier molecular flexibility index (Phi) is 3.21. The zero-order chi connectivity index (χ0) is 17.1. The first-order chi connectivity index (χ1) is 11.4. The van der Waals surface area contributed by atoms with Crippen LogP contribution in [0.15, 0.2) is 40.1 Å².